The molecule has 0 aromatic carbocycles. The van der Waals surface area contributed by atoms with Gasteiger partial charge < -0.3 is 19.1 Å². The van der Waals surface area contributed by atoms with E-state index in [0.717, 1.165) is 0 Å². The molecule has 8 heteroatoms. The number of pyridine rings is 1. The molecule has 25 heavy (non-hydrogen) atoms. The average molecular weight is 350 g/mol. The number of rotatable bonds is 8. The molecule has 2 heterocycles. The van der Waals surface area contributed by atoms with Gasteiger partial charge in [-0.25, -0.2) is 14.4 Å². The lowest BCUT2D eigenvalue weighted by atomic mass is 10.1. The zero-order valence-electron chi connectivity index (χ0n) is 14.6. The summed E-state index contributed by atoms with van der Waals surface area (Å²) in [5, 5.41) is 0. The number of esters is 3. The predicted octanol–water partition coefficient (Wildman–Crippen LogP) is 1.09. The molecule has 1 atom stereocenters. The van der Waals surface area contributed by atoms with Crippen molar-refractivity contribution in [1.29, 1.82) is 0 Å². The van der Waals surface area contributed by atoms with E-state index in [2.05, 4.69) is 4.98 Å². The summed E-state index contributed by atoms with van der Waals surface area (Å²) in [7, 11) is 1.20. The molecule has 1 aliphatic rings. The second-order valence-corrected chi connectivity index (χ2v) is 5.55. The second-order valence-electron chi connectivity index (χ2n) is 5.55. The number of hydrogen-bond acceptors (Lipinski definition) is 8. The number of anilines is 1. The van der Waals surface area contributed by atoms with Crippen LogP contribution in [0.2, 0.25) is 0 Å². The van der Waals surface area contributed by atoms with E-state index < -0.39 is 29.5 Å². The molecule has 136 valence electrons. The Morgan fingerprint density at radius 1 is 1.16 bits per heavy atom. The number of methoxy groups -OCH3 is 1. The Morgan fingerprint density at radius 3 is 2.20 bits per heavy atom. The number of hydrogen-bond donors (Lipinski definition) is 0. The van der Waals surface area contributed by atoms with Crippen LogP contribution in [0.4, 0.5) is 5.69 Å². The van der Waals surface area contributed by atoms with Crippen molar-refractivity contribution >= 4 is 23.6 Å². The van der Waals surface area contributed by atoms with E-state index in [-0.39, 0.29) is 13.2 Å². The molecule has 0 radical (unpaired) electrons. The van der Waals surface area contributed by atoms with Crippen LogP contribution in [0.3, 0.4) is 0 Å². The lowest BCUT2D eigenvalue weighted by Gasteiger charge is -2.15. The summed E-state index contributed by atoms with van der Waals surface area (Å²) in [6.07, 6.45) is 4.17. The standard InChI is InChI=1S/C17H22N2O6/c1-4-9-24-15(21)17(16(22)25-10-5-2)13(14(20)23-3)19(17)12-7-6-8-18-11-12/h6-8,11,13H,4-5,9-10H2,1-3H3. The first-order chi connectivity index (χ1) is 12.0. The Labute approximate surface area is 146 Å². The van der Waals surface area contributed by atoms with E-state index in [1.807, 2.05) is 13.8 Å². The summed E-state index contributed by atoms with van der Waals surface area (Å²) < 4.78 is 15.1. The van der Waals surface area contributed by atoms with Crippen LogP contribution in [-0.2, 0) is 28.6 Å². The first-order valence-corrected chi connectivity index (χ1v) is 8.17. The summed E-state index contributed by atoms with van der Waals surface area (Å²) in [6.45, 7) is 3.94. The van der Waals surface area contributed by atoms with Crippen LogP contribution in [0, 0.1) is 0 Å². The highest BCUT2D eigenvalue weighted by molar-refractivity contribution is 6.21. The van der Waals surface area contributed by atoms with Crippen LogP contribution in [0.1, 0.15) is 26.7 Å². The third kappa shape index (κ3) is 3.29. The first kappa shape index (κ1) is 18.7. The monoisotopic (exact) mass is 350 g/mol. The Bertz CT molecular complexity index is 613. The molecule has 0 aliphatic carbocycles. The first-order valence-electron chi connectivity index (χ1n) is 8.17. The smallest absolute Gasteiger partial charge is 0.346 e. The third-order valence-corrected chi connectivity index (χ3v) is 3.81. The van der Waals surface area contributed by atoms with Gasteiger partial charge in [0, 0.05) is 6.20 Å². The van der Waals surface area contributed by atoms with Crippen LogP contribution in [0.25, 0.3) is 0 Å². The molecular weight excluding hydrogens is 328 g/mol. The molecule has 2 rings (SSSR count). The topological polar surface area (TPSA) is 94.8 Å². The fraction of sp³-hybridized carbons (Fsp3) is 0.529. The van der Waals surface area contributed by atoms with E-state index >= 15 is 0 Å². The Morgan fingerprint density at radius 2 is 1.76 bits per heavy atom. The van der Waals surface area contributed by atoms with Gasteiger partial charge in [0.2, 0.25) is 0 Å². The van der Waals surface area contributed by atoms with E-state index in [1.165, 1.54) is 18.2 Å². The Balaban J connectivity index is 2.44. The van der Waals surface area contributed by atoms with Gasteiger partial charge in [-0.15, -0.1) is 0 Å². The molecule has 0 amide bonds. The van der Waals surface area contributed by atoms with Crippen LogP contribution >= 0.6 is 0 Å². The molecule has 0 bridgehead atoms. The molecule has 1 aromatic rings. The van der Waals surface area contributed by atoms with E-state index in [1.54, 1.807) is 18.3 Å². The minimum absolute atomic E-state index is 0.135. The predicted molar refractivity (Wildman–Crippen MR) is 87.8 cm³/mol. The van der Waals surface area contributed by atoms with Gasteiger partial charge in [-0.3, -0.25) is 4.98 Å². The quantitative estimate of drug-likeness (QED) is 0.298. The molecule has 8 nitrogen and oxygen atoms in total. The molecular formula is C17H22N2O6. The van der Waals surface area contributed by atoms with E-state index in [4.69, 9.17) is 14.2 Å². The highest BCUT2D eigenvalue weighted by atomic mass is 16.6. The van der Waals surface area contributed by atoms with Crippen molar-refractivity contribution < 1.29 is 28.6 Å². The Hall–Kier alpha value is -2.64. The van der Waals surface area contributed by atoms with Crippen LogP contribution in [0.15, 0.2) is 24.5 Å². The largest absolute Gasteiger partial charge is 0.467 e. The maximum Gasteiger partial charge on any atom is 0.346 e. The van der Waals surface area contributed by atoms with Gasteiger partial charge in [-0.05, 0) is 25.0 Å². The molecule has 1 aliphatic heterocycles. The minimum Gasteiger partial charge on any atom is -0.467 e. The number of ether oxygens (including phenoxy) is 3. The van der Waals surface area contributed by atoms with Crippen LogP contribution in [-0.4, -0.2) is 54.8 Å². The zero-order chi connectivity index (χ0) is 18.4. The lowest BCUT2D eigenvalue weighted by Crippen LogP contribution is -2.44. The minimum atomic E-state index is -1.87. The SMILES string of the molecule is CCCOC(=O)C1(C(=O)OCCC)C(C(=O)OC)N1c1cccnc1. The zero-order valence-corrected chi connectivity index (χ0v) is 14.6. The van der Waals surface area contributed by atoms with Gasteiger partial charge in [0.15, 0.2) is 6.04 Å². The van der Waals surface area contributed by atoms with Crippen molar-refractivity contribution in [2.24, 2.45) is 0 Å². The maximum atomic E-state index is 12.7. The molecule has 1 aromatic heterocycles. The maximum absolute atomic E-state index is 12.7. The summed E-state index contributed by atoms with van der Waals surface area (Å²) in [5.74, 6) is -2.37. The number of carbonyl (C=O) groups excluding carboxylic acids is 3. The number of aromatic nitrogens is 1. The van der Waals surface area contributed by atoms with E-state index in [0.29, 0.717) is 18.5 Å². The van der Waals surface area contributed by atoms with Crippen LogP contribution in [0.5, 0.6) is 0 Å². The van der Waals surface area contributed by atoms with Crippen LogP contribution < -0.4 is 4.90 Å². The van der Waals surface area contributed by atoms with Gasteiger partial charge in [0.25, 0.3) is 5.54 Å². The van der Waals surface area contributed by atoms with E-state index in [9.17, 15) is 14.4 Å². The van der Waals surface area contributed by atoms with Gasteiger partial charge in [-0.2, -0.15) is 0 Å². The van der Waals surface area contributed by atoms with Crippen molar-refractivity contribution in [1.82, 2.24) is 4.98 Å². The van der Waals surface area contributed by atoms with Gasteiger partial charge in [0.1, 0.15) is 0 Å². The summed E-state index contributed by atoms with van der Waals surface area (Å²) in [4.78, 5) is 43.0. The third-order valence-electron chi connectivity index (χ3n) is 3.81. The van der Waals surface area contributed by atoms with Gasteiger partial charge in [0.05, 0.1) is 32.2 Å². The fourth-order valence-corrected chi connectivity index (χ4v) is 2.64. The molecule has 0 saturated carbocycles. The number of carbonyl (C=O) groups is 3. The van der Waals surface area contributed by atoms with Crippen molar-refractivity contribution in [2.75, 3.05) is 25.2 Å². The highest BCUT2D eigenvalue weighted by Crippen LogP contribution is 2.47. The van der Waals surface area contributed by atoms with Gasteiger partial charge >= 0.3 is 17.9 Å². The molecule has 1 unspecified atom stereocenters. The highest BCUT2D eigenvalue weighted by Gasteiger charge is 2.79. The summed E-state index contributed by atoms with van der Waals surface area (Å²) >= 11 is 0. The molecule has 1 fully saturated rings. The lowest BCUT2D eigenvalue weighted by molar-refractivity contribution is -0.161. The average Bonchev–Trinajstić information content (AvgIpc) is 3.35. The fourth-order valence-electron chi connectivity index (χ4n) is 2.64. The Kier molecular flexibility index (Phi) is 5.95. The van der Waals surface area contributed by atoms with Gasteiger partial charge in [-0.1, -0.05) is 13.8 Å². The van der Waals surface area contributed by atoms with Crippen molar-refractivity contribution in [3.05, 3.63) is 24.5 Å². The number of nitrogens with zero attached hydrogens (tertiary/aromatic N) is 2. The molecule has 0 spiro atoms. The van der Waals surface area contributed by atoms with Crippen molar-refractivity contribution in [3.63, 3.8) is 0 Å². The summed E-state index contributed by atoms with van der Waals surface area (Å²) in [5.41, 5.74) is -1.44. The second kappa shape index (κ2) is 7.96. The van der Waals surface area contributed by atoms with Crippen molar-refractivity contribution in [2.45, 2.75) is 38.3 Å². The molecule has 1 saturated heterocycles. The summed E-state index contributed by atoms with van der Waals surface area (Å²) in [6, 6.07) is 2.14. The normalized spacial score (nSPS) is 17.6. The molecule has 0 N–H and O–H groups in total. The van der Waals surface area contributed by atoms with Crippen molar-refractivity contribution in [3.8, 4) is 0 Å².